The number of nitrogens with zero attached hydrogens (tertiary/aromatic N) is 3. The molecule has 3 nitrogen and oxygen atoms in total. The minimum Gasteiger partial charge on any atom is -0.256 e. The number of aromatic nitrogens is 3. The number of pyridine rings is 1. The van der Waals surface area contributed by atoms with Crippen LogP contribution in [0.5, 0.6) is 0 Å². The molecule has 3 rings (SSSR count). The van der Waals surface area contributed by atoms with Gasteiger partial charge in [0.25, 0.3) is 0 Å². The van der Waals surface area contributed by atoms with Crippen molar-refractivity contribution < 1.29 is 8.78 Å². The Bertz CT molecular complexity index is 778. The van der Waals surface area contributed by atoms with Crippen molar-refractivity contribution in [1.29, 1.82) is 0 Å². The standard InChI is InChI=1S/C16H15F2N3/c1-10(2)11-5-6-19-14(8-11)12-3-4-15-13(7-12)9-20-21(15)16(17)18/h3-10,16H,1-2H3. The van der Waals surface area contributed by atoms with Crippen LogP contribution in [0, 0.1) is 0 Å². The fraction of sp³-hybridized carbons (Fsp3) is 0.250. The van der Waals surface area contributed by atoms with Gasteiger partial charge in [0.1, 0.15) is 0 Å². The number of benzene rings is 1. The molecule has 0 radical (unpaired) electrons. The van der Waals surface area contributed by atoms with E-state index in [0.717, 1.165) is 15.9 Å². The predicted octanol–water partition coefficient (Wildman–Crippen LogP) is 4.62. The summed E-state index contributed by atoms with van der Waals surface area (Å²) in [6.45, 7) is 1.61. The normalized spacial score (nSPS) is 11.7. The van der Waals surface area contributed by atoms with Gasteiger partial charge < -0.3 is 0 Å². The first kappa shape index (κ1) is 13.7. The first-order chi connectivity index (χ1) is 10.1. The van der Waals surface area contributed by atoms with Crippen LogP contribution in [0.15, 0.2) is 42.7 Å². The average Bonchev–Trinajstić information content (AvgIpc) is 2.90. The zero-order valence-electron chi connectivity index (χ0n) is 11.8. The van der Waals surface area contributed by atoms with Gasteiger partial charge in [-0.25, -0.2) is 4.68 Å². The molecule has 3 aromatic rings. The van der Waals surface area contributed by atoms with Gasteiger partial charge >= 0.3 is 6.55 Å². The molecule has 0 aliphatic rings. The second-order valence-electron chi connectivity index (χ2n) is 5.27. The maximum absolute atomic E-state index is 12.8. The second-order valence-corrected chi connectivity index (χ2v) is 5.27. The highest BCUT2D eigenvalue weighted by molar-refractivity contribution is 5.84. The third kappa shape index (κ3) is 2.51. The van der Waals surface area contributed by atoms with Crippen molar-refractivity contribution in [2.24, 2.45) is 0 Å². The van der Waals surface area contributed by atoms with Crippen LogP contribution in [-0.4, -0.2) is 14.8 Å². The number of hydrogen-bond donors (Lipinski definition) is 0. The summed E-state index contributed by atoms with van der Waals surface area (Å²) < 4.78 is 26.3. The second kappa shape index (κ2) is 5.24. The molecule has 21 heavy (non-hydrogen) atoms. The van der Waals surface area contributed by atoms with E-state index in [1.54, 1.807) is 18.3 Å². The maximum Gasteiger partial charge on any atom is 0.333 e. The lowest BCUT2D eigenvalue weighted by Gasteiger charge is -2.08. The smallest absolute Gasteiger partial charge is 0.256 e. The fourth-order valence-corrected chi connectivity index (χ4v) is 2.33. The van der Waals surface area contributed by atoms with E-state index in [1.165, 1.54) is 11.8 Å². The molecular formula is C16H15F2N3. The van der Waals surface area contributed by atoms with E-state index < -0.39 is 6.55 Å². The summed E-state index contributed by atoms with van der Waals surface area (Å²) in [6, 6.07) is 9.32. The first-order valence-corrected chi connectivity index (χ1v) is 6.78. The van der Waals surface area contributed by atoms with Crippen LogP contribution >= 0.6 is 0 Å². The lowest BCUT2D eigenvalue weighted by atomic mass is 10.0. The Morgan fingerprint density at radius 2 is 1.90 bits per heavy atom. The van der Waals surface area contributed by atoms with E-state index in [1.807, 2.05) is 18.2 Å². The van der Waals surface area contributed by atoms with Gasteiger partial charge in [-0.15, -0.1) is 0 Å². The number of fused-ring (bicyclic) bond motifs is 1. The lowest BCUT2D eigenvalue weighted by Crippen LogP contribution is -1.99. The first-order valence-electron chi connectivity index (χ1n) is 6.78. The molecule has 0 N–H and O–H groups in total. The molecule has 0 saturated heterocycles. The molecule has 5 heteroatoms. The highest BCUT2D eigenvalue weighted by Crippen LogP contribution is 2.27. The molecule has 1 aromatic carbocycles. The predicted molar refractivity (Wildman–Crippen MR) is 78.3 cm³/mol. The molecule has 0 atom stereocenters. The van der Waals surface area contributed by atoms with Gasteiger partial charge in [-0.2, -0.15) is 13.9 Å². The molecule has 0 unspecified atom stereocenters. The van der Waals surface area contributed by atoms with Gasteiger partial charge in [0.15, 0.2) is 0 Å². The molecule has 0 fully saturated rings. The topological polar surface area (TPSA) is 30.7 Å². The summed E-state index contributed by atoms with van der Waals surface area (Å²) in [5.41, 5.74) is 3.36. The van der Waals surface area contributed by atoms with Crippen LogP contribution in [0.2, 0.25) is 0 Å². The lowest BCUT2D eigenvalue weighted by molar-refractivity contribution is 0.0615. The Hall–Kier alpha value is -2.30. The maximum atomic E-state index is 12.8. The van der Waals surface area contributed by atoms with Crippen LogP contribution in [0.25, 0.3) is 22.2 Å². The molecular weight excluding hydrogens is 272 g/mol. The van der Waals surface area contributed by atoms with Crippen LogP contribution in [0.3, 0.4) is 0 Å². The van der Waals surface area contributed by atoms with Crippen molar-refractivity contribution in [3.05, 3.63) is 48.3 Å². The van der Waals surface area contributed by atoms with E-state index in [4.69, 9.17) is 0 Å². The Kier molecular flexibility index (Phi) is 3.41. The molecule has 2 heterocycles. The third-order valence-corrected chi connectivity index (χ3v) is 3.53. The van der Waals surface area contributed by atoms with E-state index >= 15 is 0 Å². The molecule has 0 aliphatic carbocycles. The van der Waals surface area contributed by atoms with Crippen molar-refractivity contribution in [1.82, 2.24) is 14.8 Å². The van der Waals surface area contributed by atoms with Crippen molar-refractivity contribution in [3.8, 4) is 11.3 Å². The van der Waals surface area contributed by atoms with E-state index in [9.17, 15) is 8.78 Å². The van der Waals surface area contributed by atoms with Crippen molar-refractivity contribution in [2.75, 3.05) is 0 Å². The molecule has 0 bridgehead atoms. The van der Waals surface area contributed by atoms with Crippen LogP contribution in [0.1, 0.15) is 31.9 Å². The SMILES string of the molecule is CC(C)c1ccnc(-c2ccc3c(cnn3C(F)F)c2)c1. The molecule has 0 amide bonds. The number of rotatable bonds is 3. The number of halogens is 2. The summed E-state index contributed by atoms with van der Waals surface area (Å²) in [5.74, 6) is 0.414. The Morgan fingerprint density at radius 1 is 1.10 bits per heavy atom. The van der Waals surface area contributed by atoms with Crippen molar-refractivity contribution >= 4 is 10.9 Å². The van der Waals surface area contributed by atoms with Gasteiger partial charge in [0.05, 0.1) is 17.4 Å². The van der Waals surface area contributed by atoms with Gasteiger partial charge in [-0.1, -0.05) is 19.9 Å². The number of hydrogen-bond acceptors (Lipinski definition) is 2. The summed E-state index contributed by atoms with van der Waals surface area (Å²) in [4.78, 5) is 4.37. The molecule has 2 aromatic heterocycles. The Labute approximate surface area is 121 Å². The van der Waals surface area contributed by atoms with E-state index in [2.05, 4.69) is 23.9 Å². The van der Waals surface area contributed by atoms with Crippen molar-refractivity contribution in [3.63, 3.8) is 0 Å². The Balaban J connectivity index is 2.07. The van der Waals surface area contributed by atoms with Crippen LogP contribution in [-0.2, 0) is 0 Å². The molecule has 0 spiro atoms. The zero-order valence-corrected chi connectivity index (χ0v) is 11.8. The van der Waals surface area contributed by atoms with E-state index in [0.29, 0.717) is 16.8 Å². The van der Waals surface area contributed by atoms with E-state index in [-0.39, 0.29) is 0 Å². The monoisotopic (exact) mass is 287 g/mol. The van der Waals surface area contributed by atoms with Gasteiger partial charge in [0, 0.05) is 17.1 Å². The highest BCUT2D eigenvalue weighted by Gasteiger charge is 2.12. The molecule has 0 saturated carbocycles. The van der Waals surface area contributed by atoms with Crippen LogP contribution in [0.4, 0.5) is 8.78 Å². The van der Waals surface area contributed by atoms with Gasteiger partial charge in [0.2, 0.25) is 0 Å². The number of alkyl halides is 2. The fourth-order valence-electron chi connectivity index (χ4n) is 2.33. The van der Waals surface area contributed by atoms with Crippen LogP contribution < -0.4 is 0 Å². The van der Waals surface area contributed by atoms with Gasteiger partial charge in [-0.3, -0.25) is 4.98 Å². The summed E-state index contributed by atoms with van der Waals surface area (Å²) in [5, 5.41) is 4.41. The van der Waals surface area contributed by atoms with Crippen molar-refractivity contribution in [2.45, 2.75) is 26.3 Å². The zero-order chi connectivity index (χ0) is 15.0. The minimum absolute atomic E-state index is 0.414. The minimum atomic E-state index is -2.63. The van der Waals surface area contributed by atoms with Gasteiger partial charge in [-0.05, 0) is 35.7 Å². The largest absolute Gasteiger partial charge is 0.333 e. The quantitative estimate of drug-likeness (QED) is 0.704. The molecule has 0 aliphatic heterocycles. The highest BCUT2D eigenvalue weighted by atomic mass is 19.3. The summed E-state index contributed by atoms with van der Waals surface area (Å²) in [7, 11) is 0. The third-order valence-electron chi connectivity index (χ3n) is 3.53. The average molecular weight is 287 g/mol. The Morgan fingerprint density at radius 3 is 2.62 bits per heavy atom. The molecule has 108 valence electrons. The summed E-state index contributed by atoms with van der Waals surface area (Å²) >= 11 is 0. The summed E-state index contributed by atoms with van der Waals surface area (Å²) in [6.07, 6.45) is 3.23.